The Bertz CT molecular complexity index is 508. The van der Waals surface area contributed by atoms with Crippen LogP contribution in [0.1, 0.15) is 5.56 Å². The summed E-state index contributed by atoms with van der Waals surface area (Å²) in [6, 6.07) is 16.7. The second-order valence-electron chi connectivity index (χ2n) is 3.31. The Morgan fingerprint density at radius 3 is 2.25 bits per heavy atom. The minimum atomic E-state index is 0.623. The van der Waals surface area contributed by atoms with Crippen LogP contribution in [0.25, 0.3) is 0 Å². The first-order valence-corrected chi connectivity index (χ1v) is 5.67. The zero-order valence-corrected chi connectivity index (χ0v) is 10.1. The molecule has 0 saturated carbocycles. The summed E-state index contributed by atoms with van der Waals surface area (Å²) in [6.45, 7) is 0. The normalized spacial score (nSPS) is 11.4. The first-order valence-electron chi connectivity index (χ1n) is 4.88. The van der Waals surface area contributed by atoms with E-state index in [4.69, 9.17) is 0 Å². The van der Waals surface area contributed by atoms with Crippen molar-refractivity contribution < 1.29 is 4.74 Å². The first kappa shape index (κ1) is 10.9. The Morgan fingerprint density at radius 2 is 1.56 bits per heavy atom. The number of halogens is 1. The van der Waals surface area contributed by atoms with Gasteiger partial charge in [-0.05, 0) is 28.1 Å². The van der Waals surface area contributed by atoms with Gasteiger partial charge in [-0.2, -0.15) is 4.74 Å². The van der Waals surface area contributed by atoms with E-state index in [-0.39, 0.29) is 0 Å². The number of benzene rings is 2. The van der Waals surface area contributed by atoms with Crippen LogP contribution in [0.4, 0.5) is 5.69 Å². The highest BCUT2D eigenvalue weighted by molar-refractivity contribution is 9.10. The molecular formula is C13H10BrNO. The van der Waals surface area contributed by atoms with E-state index in [0.717, 1.165) is 14.8 Å². The molecule has 0 N–H and O–H groups in total. The molecule has 0 fully saturated rings. The van der Waals surface area contributed by atoms with Gasteiger partial charge in [0, 0.05) is 16.6 Å². The van der Waals surface area contributed by atoms with Gasteiger partial charge in [0.15, 0.2) is 6.21 Å². The van der Waals surface area contributed by atoms with Gasteiger partial charge >= 0.3 is 0 Å². The van der Waals surface area contributed by atoms with Crippen LogP contribution >= 0.6 is 15.9 Å². The Kier molecular flexibility index (Phi) is 3.37. The zero-order chi connectivity index (χ0) is 11.4. The second-order valence-corrected chi connectivity index (χ2v) is 4.17. The molecular weight excluding hydrogens is 266 g/mol. The molecule has 2 aromatic rings. The highest BCUT2D eigenvalue weighted by Gasteiger charge is 2.02. The van der Waals surface area contributed by atoms with Crippen molar-refractivity contribution in [1.82, 2.24) is 0 Å². The largest absolute Gasteiger partial charge is 0.618 e. The fourth-order valence-electron chi connectivity index (χ4n) is 1.36. The minimum Gasteiger partial charge on any atom is -0.618 e. The van der Waals surface area contributed by atoms with Gasteiger partial charge in [-0.25, -0.2) is 0 Å². The number of nitrogens with zero attached hydrogens (tertiary/aromatic N) is 1. The number of hydrogen-bond donors (Lipinski definition) is 0. The van der Waals surface area contributed by atoms with Crippen molar-refractivity contribution in [2.75, 3.05) is 0 Å². The van der Waals surface area contributed by atoms with Gasteiger partial charge < -0.3 is 5.21 Å². The highest BCUT2D eigenvalue weighted by Crippen LogP contribution is 2.15. The first-order chi connectivity index (χ1) is 7.77. The van der Waals surface area contributed by atoms with Crippen LogP contribution < -0.4 is 0 Å². The Morgan fingerprint density at radius 1 is 0.938 bits per heavy atom. The molecule has 0 atom stereocenters. The predicted octanol–water partition coefficient (Wildman–Crippen LogP) is 3.71. The molecule has 0 bridgehead atoms. The molecule has 16 heavy (non-hydrogen) atoms. The molecule has 80 valence electrons. The van der Waals surface area contributed by atoms with Crippen LogP contribution in [0, 0.1) is 5.21 Å². The molecule has 0 aliphatic heterocycles. The average Bonchev–Trinajstić information content (AvgIpc) is 2.33. The highest BCUT2D eigenvalue weighted by atomic mass is 79.9. The molecule has 0 unspecified atom stereocenters. The summed E-state index contributed by atoms with van der Waals surface area (Å²) in [5.41, 5.74) is 1.49. The van der Waals surface area contributed by atoms with Crippen LogP contribution in [0.5, 0.6) is 0 Å². The molecule has 3 heteroatoms. The molecule has 0 aromatic heterocycles. The van der Waals surface area contributed by atoms with Gasteiger partial charge in [0.05, 0.1) is 5.56 Å². The van der Waals surface area contributed by atoms with Gasteiger partial charge in [-0.15, -0.1) is 0 Å². The van der Waals surface area contributed by atoms with E-state index in [1.165, 1.54) is 0 Å². The second kappa shape index (κ2) is 4.94. The van der Waals surface area contributed by atoms with E-state index < -0.39 is 0 Å². The summed E-state index contributed by atoms with van der Waals surface area (Å²) in [5, 5.41) is 11.8. The Balaban J connectivity index is 2.36. The van der Waals surface area contributed by atoms with E-state index in [1.54, 1.807) is 18.3 Å². The van der Waals surface area contributed by atoms with Crippen molar-refractivity contribution in [3.63, 3.8) is 0 Å². The topological polar surface area (TPSA) is 26.1 Å². The smallest absolute Gasteiger partial charge is 0.216 e. The third kappa shape index (κ3) is 2.49. The van der Waals surface area contributed by atoms with Gasteiger partial charge in [-0.3, -0.25) is 0 Å². The van der Waals surface area contributed by atoms with Gasteiger partial charge in [-0.1, -0.05) is 30.3 Å². The fraction of sp³-hybridized carbons (Fsp3) is 0. The van der Waals surface area contributed by atoms with E-state index in [1.807, 2.05) is 42.5 Å². The van der Waals surface area contributed by atoms with Crippen molar-refractivity contribution >= 4 is 27.8 Å². The zero-order valence-electron chi connectivity index (χ0n) is 8.51. The molecule has 0 aliphatic carbocycles. The maximum atomic E-state index is 11.8. The molecule has 0 saturated heterocycles. The lowest BCUT2D eigenvalue weighted by atomic mass is 10.2. The summed E-state index contributed by atoms with van der Waals surface area (Å²) >= 11 is 3.40. The van der Waals surface area contributed by atoms with Crippen LogP contribution in [0.3, 0.4) is 0 Å². The lowest BCUT2D eigenvalue weighted by Gasteiger charge is -2.03. The molecule has 0 aliphatic rings. The van der Waals surface area contributed by atoms with Gasteiger partial charge in [0.1, 0.15) is 0 Å². The summed E-state index contributed by atoms with van der Waals surface area (Å²) in [6.07, 6.45) is 1.55. The number of hydrogen-bond acceptors (Lipinski definition) is 1. The lowest BCUT2D eigenvalue weighted by Crippen LogP contribution is -1.98. The summed E-state index contributed by atoms with van der Waals surface area (Å²) < 4.78 is 1.77. The van der Waals surface area contributed by atoms with Crippen LogP contribution in [0.15, 0.2) is 59.1 Å². The van der Waals surface area contributed by atoms with Crippen molar-refractivity contribution in [2.24, 2.45) is 0 Å². The molecule has 2 nitrogen and oxygen atoms in total. The Hall–Kier alpha value is -1.61. The molecule has 0 radical (unpaired) electrons. The third-order valence-corrected chi connectivity index (χ3v) is 2.89. The summed E-state index contributed by atoms with van der Waals surface area (Å²) in [5.74, 6) is 0. The summed E-state index contributed by atoms with van der Waals surface area (Å²) in [7, 11) is 0. The maximum absolute atomic E-state index is 11.8. The van der Waals surface area contributed by atoms with Crippen molar-refractivity contribution in [3.05, 3.63) is 69.8 Å². The molecule has 0 spiro atoms. The van der Waals surface area contributed by atoms with E-state index in [2.05, 4.69) is 15.9 Å². The van der Waals surface area contributed by atoms with Crippen LogP contribution in [-0.4, -0.2) is 11.0 Å². The predicted molar refractivity (Wildman–Crippen MR) is 69.0 cm³/mol. The summed E-state index contributed by atoms with van der Waals surface area (Å²) in [4.78, 5) is 0. The maximum Gasteiger partial charge on any atom is 0.216 e. The standard InChI is InChI=1S/C13H10BrNO/c14-13-9-5-4-6-11(13)10-15(16)12-7-2-1-3-8-12/h1-10H/b15-10-. The Labute approximate surface area is 103 Å². The monoisotopic (exact) mass is 275 g/mol. The van der Waals surface area contributed by atoms with Gasteiger partial charge in [0.25, 0.3) is 0 Å². The number of para-hydroxylation sites is 1. The van der Waals surface area contributed by atoms with E-state index in [9.17, 15) is 5.21 Å². The van der Waals surface area contributed by atoms with Crippen molar-refractivity contribution in [3.8, 4) is 0 Å². The minimum absolute atomic E-state index is 0.623. The average molecular weight is 276 g/mol. The quantitative estimate of drug-likeness (QED) is 0.355. The molecule has 2 rings (SSSR count). The fourth-order valence-corrected chi connectivity index (χ4v) is 1.74. The van der Waals surface area contributed by atoms with Crippen LogP contribution in [-0.2, 0) is 0 Å². The SMILES string of the molecule is [O-]/[N+](=C\c1ccccc1Br)c1ccccc1. The number of rotatable bonds is 2. The van der Waals surface area contributed by atoms with Gasteiger partial charge in [0.2, 0.25) is 5.69 Å². The molecule has 0 amide bonds. The third-order valence-electron chi connectivity index (χ3n) is 2.17. The van der Waals surface area contributed by atoms with Crippen LogP contribution in [0.2, 0.25) is 0 Å². The molecule has 2 aromatic carbocycles. The van der Waals surface area contributed by atoms with E-state index >= 15 is 0 Å². The van der Waals surface area contributed by atoms with Crippen molar-refractivity contribution in [1.29, 1.82) is 0 Å². The van der Waals surface area contributed by atoms with Crippen molar-refractivity contribution in [2.45, 2.75) is 0 Å². The van der Waals surface area contributed by atoms with E-state index in [0.29, 0.717) is 5.69 Å². The molecule has 0 heterocycles. The lowest BCUT2D eigenvalue weighted by molar-refractivity contribution is -0.354.